The first-order valence-corrected chi connectivity index (χ1v) is 8.16. The van der Waals surface area contributed by atoms with Gasteiger partial charge in [-0.3, -0.25) is 4.79 Å². The molecule has 0 amide bonds. The molecule has 1 fully saturated rings. The Morgan fingerprint density at radius 3 is 3.00 bits per heavy atom. The third kappa shape index (κ3) is 4.72. The van der Waals surface area contributed by atoms with Crippen molar-refractivity contribution in [2.24, 2.45) is 5.92 Å². The summed E-state index contributed by atoms with van der Waals surface area (Å²) in [6.07, 6.45) is 3.05. The molecule has 1 aliphatic rings. The number of ether oxygens (including phenoxy) is 1. The molecule has 116 valence electrons. The monoisotopic (exact) mass is 309 g/mol. The van der Waals surface area contributed by atoms with Crippen molar-refractivity contribution in [3.8, 4) is 5.75 Å². The molecule has 1 aliphatic heterocycles. The number of benzene rings is 1. The second-order valence-electron chi connectivity index (χ2n) is 5.79. The Balaban J connectivity index is 1.97. The summed E-state index contributed by atoms with van der Waals surface area (Å²) in [4.78, 5) is 14.8. The standard InChI is InChI=1S/C17H24ClNO2/c1-3-21-17-7-6-14(18)11-15(17)16(20)8-10-19-9-4-5-13(2)12-19/h6-7,11,13H,3-5,8-10,12H2,1-2H3. The van der Waals surface area contributed by atoms with Crippen molar-refractivity contribution in [2.45, 2.75) is 33.1 Å². The van der Waals surface area contributed by atoms with Gasteiger partial charge in [-0.25, -0.2) is 0 Å². The van der Waals surface area contributed by atoms with Crippen molar-refractivity contribution in [2.75, 3.05) is 26.2 Å². The molecule has 3 nitrogen and oxygen atoms in total. The fourth-order valence-electron chi connectivity index (χ4n) is 2.89. The Kier molecular flexibility index (Phi) is 6.07. The van der Waals surface area contributed by atoms with Gasteiger partial charge in [-0.15, -0.1) is 0 Å². The van der Waals surface area contributed by atoms with Gasteiger partial charge in [0, 0.05) is 24.5 Å². The van der Waals surface area contributed by atoms with Crippen LogP contribution in [-0.2, 0) is 0 Å². The zero-order chi connectivity index (χ0) is 15.2. The van der Waals surface area contributed by atoms with Gasteiger partial charge in [-0.05, 0) is 50.4 Å². The molecule has 0 aliphatic carbocycles. The van der Waals surface area contributed by atoms with Crippen LogP contribution in [0.3, 0.4) is 0 Å². The molecular formula is C17H24ClNO2. The van der Waals surface area contributed by atoms with Gasteiger partial charge in [0.2, 0.25) is 0 Å². The Labute approximate surface area is 132 Å². The summed E-state index contributed by atoms with van der Waals surface area (Å²) in [6.45, 7) is 7.76. The van der Waals surface area contributed by atoms with Crippen LogP contribution in [0.4, 0.5) is 0 Å². The smallest absolute Gasteiger partial charge is 0.167 e. The van der Waals surface area contributed by atoms with E-state index in [1.165, 1.54) is 12.8 Å². The maximum atomic E-state index is 12.5. The van der Waals surface area contributed by atoms with Crippen LogP contribution in [-0.4, -0.2) is 36.9 Å². The quantitative estimate of drug-likeness (QED) is 0.743. The number of halogens is 1. The number of ketones is 1. The summed E-state index contributed by atoms with van der Waals surface area (Å²) in [5.41, 5.74) is 0.606. The van der Waals surface area contributed by atoms with Gasteiger partial charge < -0.3 is 9.64 Å². The molecule has 0 spiro atoms. The minimum Gasteiger partial charge on any atom is -0.493 e. The lowest BCUT2D eigenvalue weighted by molar-refractivity contribution is 0.0945. The second kappa shape index (κ2) is 7.81. The predicted molar refractivity (Wildman–Crippen MR) is 86.4 cm³/mol. The highest BCUT2D eigenvalue weighted by molar-refractivity contribution is 6.31. The average Bonchev–Trinajstić information content (AvgIpc) is 2.47. The number of rotatable bonds is 6. The van der Waals surface area contributed by atoms with E-state index in [0.717, 1.165) is 25.6 Å². The van der Waals surface area contributed by atoms with Gasteiger partial charge in [0.1, 0.15) is 5.75 Å². The van der Waals surface area contributed by atoms with E-state index in [1.807, 2.05) is 6.92 Å². The summed E-state index contributed by atoms with van der Waals surface area (Å²) in [6, 6.07) is 5.26. The van der Waals surface area contributed by atoms with Crippen LogP contribution in [0.1, 0.15) is 43.5 Å². The van der Waals surface area contributed by atoms with E-state index >= 15 is 0 Å². The molecule has 0 bridgehead atoms. The lowest BCUT2D eigenvalue weighted by Crippen LogP contribution is -2.35. The van der Waals surface area contributed by atoms with Crippen LogP contribution in [0.5, 0.6) is 5.75 Å². The first-order chi connectivity index (χ1) is 10.1. The maximum absolute atomic E-state index is 12.5. The number of carbonyl (C=O) groups is 1. The summed E-state index contributed by atoms with van der Waals surface area (Å²) >= 11 is 6.01. The third-order valence-corrected chi connectivity index (χ3v) is 4.17. The first kappa shape index (κ1) is 16.3. The van der Waals surface area contributed by atoms with Crippen molar-refractivity contribution in [3.63, 3.8) is 0 Å². The van der Waals surface area contributed by atoms with E-state index in [4.69, 9.17) is 16.3 Å². The summed E-state index contributed by atoms with van der Waals surface area (Å²) in [7, 11) is 0. The van der Waals surface area contributed by atoms with E-state index in [1.54, 1.807) is 18.2 Å². The highest BCUT2D eigenvalue weighted by Gasteiger charge is 2.19. The van der Waals surface area contributed by atoms with Crippen LogP contribution in [0.2, 0.25) is 5.02 Å². The number of Topliss-reactive ketones (excluding diaryl/α,β-unsaturated/α-hetero) is 1. The number of nitrogens with zero attached hydrogens (tertiary/aromatic N) is 1. The van der Waals surface area contributed by atoms with E-state index in [0.29, 0.717) is 29.4 Å². The number of piperidine rings is 1. The fourth-order valence-corrected chi connectivity index (χ4v) is 3.06. The molecule has 1 heterocycles. The Morgan fingerprint density at radius 2 is 2.29 bits per heavy atom. The lowest BCUT2D eigenvalue weighted by atomic mass is 9.99. The van der Waals surface area contributed by atoms with Gasteiger partial charge in [0.25, 0.3) is 0 Å². The molecule has 1 unspecified atom stereocenters. The van der Waals surface area contributed by atoms with Gasteiger partial charge in [0.15, 0.2) is 5.78 Å². The number of hydrogen-bond donors (Lipinski definition) is 0. The third-order valence-electron chi connectivity index (χ3n) is 3.94. The molecule has 1 atom stereocenters. The molecule has 21 heavy (non-hydrogen) atoms. The molecule has 0 saturated carbocycles. The molecule has 2 rings (SSSR count). The minimum absolute atomic E-state index is 0.110. The minimum atomic E-state index is 0.110. The van der Waals surface area contributed by atoms with Gasteiger partial charge in [0.05, 0.1) is 12.2 Å². The highest BCUT2D eigenvalue weighted by atomic mass is 35.5. The van der Waals surface area contributed by atoms with Crippen molar-refractivity contribution in [1.82, 2.24) is 4.90 Å². The Bertz CT molecular complexity index is 490. The van der Waals surface area contributed by atoms with Crippen LogP contribution in [0.25, 0.3) is 0 Å². The number of carbonyl (C=O) groups excluding carboxylic acids is 1. The van der Waals surface area contributed by atoms with E-state index in [-0.39, 0.29) is 5.78 Å². The van der Waals surface area contributed by atoms with Crippen molar-refractivity contribution >= 4 is 17.4 Å². The molecule has 0 radical (unpaired) electrons. The molecule has 0 N–H and O–H groups in total. The fraction of sp³-hybridized carbons (Fsp3) is 0.588. The zero-order valence-electron chi connectivity index (χ0n) is 12.9. The normalized spacial score (nSPS) is 19.5. The van der Waals surface area contributed by atoms with Crippen LogP contribution in [0.15, 0.2) is 18.2 Å². The lowest BCUT2D eigenvalue weighted by Gasteiger charge is -2.30. The predicted octanol–water partition coefficient (Wildman–Crippen LogP) is 4.04. The van der Waals surface area contributed by atoms with Gasteiger partial charge in [-0.1, -0.05) is 18.5 Å². The van der Waals surface area contributed by atoms with Crippen molar-refractivity contribution < 1.29 is 9.53 Å². The molecule has 4 heteroatoms. The SMILES string of the molecule is CCOc1ccc(Cl)cc1C(=O)CCN1CCCC(C)C1. The Morgan fingerprint density at radius 1 is 1.48 bits per heavy atom. The molecular weight excluding hydrogens is 286 g/mol. The second-order valence-corrected chi connectivity index (χ2v) is 6.23. The first-order valence-electron chi connectivity index (χ1n) is 7.78. The highest BCUT2D eigenvalue weighted by Crippen LogP contribution is 2.25. The number of likely N-dealkylation sites (tertiary alicyclic amines) is 1. The summed E-state index contributed by atoms with van der Waals surface area (Å²) in [5, 5.41) is 0.577. The largest absolute Gasteiger partial charge is 0.493 e. The Hall–Kier alpha value is -1.06. The van der Waals surface area contributed by atoms with E-state index in [9.17, 15) is 4.79 Å². The van der Waals surface area contributed by atoms with Crippen LogP contribution < -0.4 is 4.74 Å². The van der Waals surface area contributed by atoms with Crippen molar-refractivity contribution in [1.29, 1.82) is 0 Å². The van der Waals surface area contributed by atoms with E-state index in [2.05, 4.69) is 11.8 Å². The van der Waals surface area contributed by atoms with Gasteiger partial charge >= 0.3 is 0 Å². The topological polar surface area (TPSA) is 29.5 Å². The van der Waals surface area contributed by atoms with Crippen LogP contribution >= 0.6 is 11.6 Å². The molecule has 1 saturated heterocycles. The number of hydrogen-bond acceptors (Lipinski definition) is 3. The summed E-state index contributed by atoms with van der Waals surface area (Å²) < 4.78 is 5.53. The molecule has 1 aromatic rings. The summed E-state index contributed by atoms with van der Waals surface area (Å²) in [5.74, 6) is 1.48. The molecule has 0 aromatic heterocycles. The molecule has 1 aromatic carbocycles. The van der Waals surface area contributed by atoms with Crippen molar-refractivity contribution in [3.05, 3.63) is 28.8 Å². The van der Waals surface area contributed by atoms with Crippen LogP contribution in [0, 0.1) is 5.92 Å². The van der Waals surface area contributed by atoms with E-state index < -0.39 is 0 Å². The van der Waals surface area contributed by atoms with Gasteiger partial charge in [-0.2, -0.15) is 0 Å². The zero-order valence-corrected chi connectivity index (χ0v) is 13.7. The maximum Gasteiger partial charge on any atom is 0.167 e. The average molecular weight is 310 g/mol.